The van der Waals surface area contributed by atoms with E-state index in [4.69, 9.17) is 9.68 Å². The van der Waals surface area contributed by atoms with Gasteiger partial charge in [0.25, 0.3) is 5.91 Å². The Morgan fingerprint density at radius 2 is 2.03 bits per heavy atom. The van der Waals surface area contributed by atoms with E-state index < -0.39 is 0 Å². The third kappa shape index (κ3) is 6.22. The van der Waals surface area contributed by atoms with Crippen LogP contribution in [0.1, 0.15) is 34.9 Å². The van der Waals surface area contributed by atoms with E-state index in [1.165, 1.54) is 14.2 Å². The van der Waals surface area contributed by atoms with Crippen LogP contribution in [0.5, 0.6) is 0 Å². The maximum atomic E-state index is 13.0. The Balaban J connectivity index is 0.00000420. The van der Waals surface area contributed by atoms with Crippen LogP contribution in [0.3, 0.4) is 0 Å². The molecule has 1 amide bonds. The van der Waals surface area contributed by atoms with Gasteiger partial charge in [-0.2, -0.15) is 6.07 Å². The molecule has 0 saturated carbocycles. The maximum Gasteiger partial charge on any atom is 0.273 e. The van der Waals surface area contributed by atoms with Gasteiger partial charge in [-0.05, 0) is 31.8 Å². The number of hydrogen-bond acceptors (Lipinski definition) is 6. The van der Waals surface area contributed by atoms with Gasteiger partial charge in [0.2, 0.25) is 0 Å². The number of aromatic nitrogens is 1. The molecule has 0 radical (unpaired) electrons. The molecule has 0 aliphatic carbocycles. The number of carbonyl (C=O) groups excluding carboxylic acids is 1. The van der Waals surface area contributed by atoms with Crippen LogP contribution in [0.4, 0.5) is 4.39 Å². The molecule has 0 bridgehead atoms. The van der Waals surface area contributed by atoms with E-state index in [2.05, 4.69) is 20.6 Å². The topological polar surface area (TPSA) is 85.2 Å². The normalized spacial score (nSPS) is 11.3. The van der Waals surface area contributed by atoms with Crippen LogP contribution in [-0.2, 0) is 46.9 Å². The fraction of sp³-hybridized carbons (Fsp3) is 0.250. The average Bonchev–Trinajstić information content (AvgIpc) is 2.72. The molecular weight excluding hydrogens is 542 g/mol. The summed E-state index contributed by atoms with van der Waals surface area (Å²) in [6, 6.07) is 8.69. The Morgan fingerprint density at radius 3 is 2.69 bits per heavy atom. The Kier molecular flexibility index (Phi) is 10.2. The van der Waals surface area contributed by atoms with Crippen molar-refractivity contribution in [1.82, 2.24) is 10.3 Å². The summed E-state index contributed by atoms with van der Waals surface area (Å²) >= 11 is 0. The SMILES string of the molecule is CNC(=O)/C(=N/OC)c1cccc(C)c1CO/N=C(\C)c1ncccc1[CH-]F.[Hf]. The van der Waals surface area contributed by atoms with Crippen molar-refractivity contribution in [3.05, 3.63) is 71.2 Å². The summed E-state index contributed by atoms with van der Waals surface area (Å²) in [4.78, 5) is 26.6. The van der Waals surface area contributed by atoms with Crippen molar-refractivity contribution >= 4 is 17.3 Å². The number of pyridine rings is 1. The van der Waals surface area contributed by atoms with Crippen LogP contribution in [0, 0.1) is 13.6 Å². The first-order valence-electron chi connectivity index (χ1n) is 8.51. The minimum Gasteiger partial charge on any atom is -0.398 e. The molecule has 0 aliphatic rings. The third-order valence-electron chi connectivity index (χ3n) is 4.00. The minimum absolute atomic E-state index is 0. The van der Waals surface area contributed by atoms with Gasteiger partial charge in [-0.15, -0.1) is 16.8 Å². The number of aryl methyl sites for hydroxylation is 1. The summed E-state index contributed by atoms with van der Waals surface area (Å²) in [5, 5.41) is 10.4. The molecule has 0 aliphatic heterocycles. The fourth-order valence-electron chi connectivity index (χ4n) is 2.58. The number of nitrogens with zero attached hydrogens (tertiary/aromatic N) is 3. The van der Waals surface area contributed by atoms with Gasteiger partial charge < -0.3 is 20.0 Å². The molecule has 29 heavy (non-hydrogen) atoms. The second-order valence-corrected chi connectivity index (χ2v) is 5.80. The molecule has 9 heteroatoms. The Labute approximate surface area is 188 Å². The van der Waals surface area contributed by atoms with Crippen LogP contribution in [-0.4, -0.2) is 36.5 Å². The predicted octanol–water partition coefficient (Wildman–Crippen LogP) is 2.90. The van der Waals surface area contributed by atoms with Crippen molar-refractivity contribution in [1.29, 1.82) is 0 Å². The van der Waals surface area contributed by atoms with E-state index in [-0.39, 0.29) is 44.1 Å². The summed E-state index contributed by atoms with van der Waals surface area (Å²) < 4.78 is 13.0. The molecule has 1 N–H and O–H groups in total. The van der Waals surface area contributed by atoms with Gasteiger partial charge in [-0.25, -0.2) is 0 Å². The van der Waals surface area contributed by atoms with Gasteiger partial charge in [0.1, 0.15) is 13.7 Å². The number of benzene rings is 1. The van der Waals surface area contributed by atoms with E-state index in [1.54, 1.807) is 31.3 Å². The second-order valence-electron chi connectivity index (χ2n) is 5.80. The molecule has 0 fully saturated rings. The molecule has 2 aromatic rings. The number of amides is 1. The van der Waals surface area contributed by atoms with Crippen molar-refractivity contribution in [2.45, 2.75) is 20.5 Å². The van der Waals surface area contributed by atoms with Crippen molar-refractivity contribution in [3.8, 4) is 0 Å². The van der Waals surface area contributed by atoms with E-state index in [0.29, 0.717) is 29.2 Å². The Bertz CT molecular complexity index is 903. The summed E-state index contributed by atoms with van der Waals surface area (Å²) in [5.74, 6) is -0.384. The largest absolute Gasteiger partial charge is 0.398 e. The van der Waals surface area contributed by atoms with Crippen LogP contribution in [0.15, 0.2) is 46.8 Å². The van der Waals surface area contributed by atoms with Crippen molar-refractivity contribution in [2.24, 2.45) is 10.3 Å². The van der Waals surface area contributed by atoms with E-state index >= 15 is 0 Å². The Hall–Kier alpha value is -2.55. The molecule has 2 rings (SSSR count). The zero-order chi connectivity index (χ0) is 20.5. The average molecular weight is 564 g/mol. The van der Waals surface area contributed by atoms with Gasteiger partial charge >= 0.3 is 0 Å². The number of oxime groups is 2. The first-order valence-corrected chi connectivity index (χ1v) is 8.51. The molecule has 152 valence electrons. The number of halogens is 1. The van der Waals surface area contributed by atoms with Gasteiger partial charge in [0.15, 0.2) is 5.71 Å². The smallest absolute Gasteiger partial charge is 0.273 e. The standard InChI is InChI=1S/C20H22FN4O3.Hf/c1-13-7-5-9-16(19(25-27-4)20(26)22-3)17(13)12-28-24-14(2)18-15(11-21)8-6-10-23-18;/h5-11H,12H2,1-4H3,(H,22,26);/q-1;/b24-14+,25-19+;. The molecule has 0 spiro atoms. The van der Waals surface area contributed by atoms with Crippen LogP contribution >= 0.6 is 0 Å². The van der Waals surface area contributed by atoms with E-state index in [1.807, 2.05) is 19.1 Å². The Morgan fingerprint density at radius 1 is 1.28 bits per heavy atom. The second kappa shape index (κ2) is 12.1. The van der Waals surface area contributed by atoms with Gasteiger partial charge in [-0.3, -0.25) is 9.18 Å². The zero-order valence-electron chi connectivity index (χ0n) is 16.7. The number of hydrogen-bond donors (Lipinski definition) is 1. The zero-order valence-corrected chi connectivity index (χ0v) is 20.3. The molecule has 1 aromatic heterocycles. The number of rotatable bonds is 8. The van der Waals surface area contributed by atoms with Crippen molar-refractivity contribution < 1.29 is 44.7 Å². The van der Waals surface area contributed by atoms with Crippen LogP contribution < -0.4 is 5.32 Å². The summed E-state index contributed by atoms with van der Waals surface area (Å²) in [7, 11) is 2.88. The molecular formula is C20H22FHfN4O3-. The number of nitrogens with one attached hydrogen (secondary N) is 1. The first-order chi connectivity index (χ1) is 13.5. The predicted molar refractivity (Wildman–Crippen MR) is 105 cm³/mol. The molecule has 1 aromatic carbocycles. The first kappa shape index (κ1) is 24.5. The van der Waals surface area contributed by atoms with Crippen molar-refractivity contribution in [2.75, 3.05) is 14.2 Å². The van der Waals surface area contributed by atoms with Crippen LogP contribution in [0.25, 0.3) is 0 Å². The molecule has 7 nitrogen and oxygen atoms in total. The quantitative estimate of drug-likeness (QED) is 0.232. The summed E-state index contributed by atoms with van der Waals surface area (Å²) in [5.41, 5.74) is 3.47. The van der Waals surface area contributed by atoms with Gasteiger partial charge in [-0.1, -0.05) is 23.4 Å². The number of likely N-dealkylation sites (N-methyl/N-ethyl adjacent to an activating group) is 1. The van der Waals surface area contributed by atoms with Gasteiger partial charge in [0.05, 0.1) is 0 Å². The molecule has 0 unspecified atom stereocenters. The minimum atomic E-state index is -0.384. The monoisotopic (exact) mass is 565 g/mol. The number of carbonyl (C=O) groups is 1. The molecule has 0 atom stereocenters. The van der Waals surface area contributed by atoms with Crippen LogP contribution in [0.2, 0.25) is 0 Å². The summed E-state index contributed by atoms with van der Waals surface area (Å²) in [6.45, 7) is 4.12. The summed E-state index contributed by atoms with van der Waals surface area (Å²) in [6.07, 6.45) is 1.55. The van der Waals surface area contributed by atoms with Crippen molar-refractivity contribution in [3.63, 3.8) is 0 Å². The molecule has 1 heterocycles. The van der Waals surface area contributed by atoms with Gasteiger partial charge in [0, 0.05) is 55.9 Å². The van der Waals surface area contributed by atoms with E-state index in [9.17, 15) is 9.18 Å². The third-order valence-corrected chi connectivity index (χ3v) is 4.00. The maximum absolute atomic E-state index is 13.0. The molecule has 0 saturated heterocycles. The van der Waals surface area contributed by atoms with E-state index in [0.717, 1.165) is 11.1 Å². The fourth-order valence-corrected chi connectivity index (χ4v) is 2.58.